The molecule has 0 spiro atoms. The first-order chi connectivity index (χ1) is 24.4. The number of pyridine rings is 1. The van der Waals surface area contributed by atoms with E-state index in [2.05, 4.69) is 20.5 Å². The van der Waals surface area contributed by atoms with E-state index in [4.69, 9.17) is 14.2 Å². The van der Waals surface area contributed by atoms with E-state index < -0.39 is 0 Å². The number of amides is 4. The number of nitrogens with one attached hydrogen (secondary N) is 2. The van der Waals surface area contributed by atoms with Crippen molar-refractivity contribution in [2.45, 2.75) is 38.0 Å². The van der Waals surface area contributed by atoms with Gasteiger partial charge in [0.15, 0.2) is 0 Å². The molecule has 2 aromatic carbocycles. The molecule has 2 aromatic heterocycles. The summed E-state index contributed by atoms with van der Waals surface area (Å²) in [6, 6.07) is 16.3. The molecule has 2 N–H and O–H groups in total. The smallest absolute Gasteiger partial charge is 0.331 e. The van der Waals surface area contributed by atoms with Crippen LogP contribution in [0.3, 0.4) is 0 Å². The summed E-state index contributed by atoms with van der Waals surface area (Å²) in [5, 5.41) is 6.83. The van der Waals surface area contributed by atoms with Crippen LogP contribution in [0.4, 0.5) is 21.9 Å². The fraction of sp³-hybridized carbons (Fsp3) is 0.351. The summed E-state index contributed by atoms with van der Waals surface area (Å²) in [7, 11) is 0. The topological polar surface area (TPSA) is 126 Å². The van der Waals surface area contributed by atoms with Crippen LogP contribution >= 0.6 is 11.3 Å². The predicted molar refractivity (Wildman–Crippen MR) is 191 cm³/mol. The molecule has 8 rings (SSSR count). The minimum Gasteiger partial charge on any atom is -0.457 e. The highest BCUT2D eigenvalue weighted by Crippen LogP contribution is 2.46. The second kappa shape index (κ2) is 13.8. The summed E-state index contributed by atoms with van der Waals surface area (Å²) in [5.41, 5.74) is 2.65. The molecule has 0 bridgehead atoms. The van der Waals surface area contributed by atoms with Gasteiger partial charge in [0.2, 0.25) is 5.91 Å². The first kappa shape index (κ1) is 32.4. The van der Waals surface area contributed by atoms with Crippen LogP contribution in [0.25, 0.3) is 10.2 Å². The maximum atomic E-state index is 13.7. The average molecular weight is 695 g/mol. The Morgan fingerprint density at radius 2 is 1.84 bits per heavy atom. The third-order valence-electron chi connectivity index (χ3n) is 9.57. The largest absolute Gasteiger partial charge is 0.457 e. The molecule has 6 heterocycles. The van der Waals surface area contributed by atoms with Gasteiger partial charge in [0.25, 0.3) is 5.91 Å². The minimum absolute atomic E-state index is 0.0684. The molecule has 0 radical (unpaired) electrons. The lowest BCUT2D eigenvalue weighted by atomic mass is 10.0. The second-order valence-electron chi connectivity index (χ2n) is 13.0. The molecule has 4 aliphatic rings. The molecule has 4 aromatic rings. The molecule has 13 heteroatoms. The Hall–Kier alpha value is -4.82. The van der Waals surface area contributed by atoms with E-state index in [9.17, 15) is 14.4 Å². The average Bonchev–Trinajstić information content (AvgIpc) is 3.71. The van der Waals surface area contributed by atoms with Crippen LogP contribution in [0.5, 0.6) is 11.5 Å². The summed E-state index contributed by atoms with van der Waals surface area (Å²) in [6.07, 6.45) is 6.92. The monoisotopic (exact) mass is 694 g/mol. The third-order valence-corrected chi connectivity index (χ3v) is 10.7. The second-order valence-corrected chi connectivity index (χ2v) is 14.0. The third kappa shape index (κ3) is 6.44. The van der Waals surface area contributed by atoms with Crippen molar-refractivity contribution in [1.29, 1.82) is 0 Å². The summed E-state index contributed by atoms with van der Waals surface area (Å²) in [4.78, 5) is 51.8. The van der Waals surface area contributed by atoms with Crippen LogP contribution in [0.1, 0.15) is 28.1 Å². The number of urea groups is 1. The molecule has 50 heavy (non-hydrogen) atoms. The lowest BCUT2D eigenvalue weighted by molar-refractivity contribution is -0.127. The van der Waals surface area contributed by atoms with Crippen molar-refractivity contribution in [3.05, 3.63) is 83.4 Å². The van der Waals surface area contributed by atoms with Gasteiger partial charge in [-0.05, 0) is 61.7 Å². The Labute approximate surface area is 293 Å². The van der Waals surface area contributed by atoms with Gasteiger partial charge in [-0.25, -0.2) is 9.78 Å². The number of hydrogen-bond acceptors (Lipinski definition) is 9. The van der Waals surface area contributed by atoms with Gasteiger partial charge in [0.05, 0.1) is 47.9 Å². The number of thiophene rings is 1. The van der Waals surface area contributed by atoms with E-state index in [0.29, 0.717) is 70.8 Å². The molecule has 4 amide bonds. The van der Waals surface area contributed by atoms with Crippen molar-refractivity contribution < 1.29 is 28.6 Å². The van der Waals surface area contributed by atoms with Crippen molar-refractivity contribution in [3.63, 3.8) is 0 Å². The maximum Gasteiger partial charge on any atom is 0.331 e. The molecule has 4 aliphatic heterocycles. The van der Waals surface area contributed by atoms with Crippen molar-refractivity contribution >= 4 is 56.5 Å². The summed E-state index contributed by atoms with van der Waals surface area (Å²) in [5.74, 6) is 1.02. The molecule has 3 fully saturated rings. The summed E-state index contributed by atoms with van der Waals surface area (Å²) in [6.45, 7) is 6.49. The zero-order valence-corrected chi connectivity index (χ0v) is 28.5. The number of aryl methyl sites for hydroxylation is 1. The number of anilines is 3. The normalized spacial score (nSPS) is 22.1. The van der Waals surface area contributed by atoms with E-state index >= 15 is 0 Å². The molecule has 3 atom stereocenters. The highest BCUT2D eigenvalue weighted by Gasteiger charge is 2.37. The fourth-order valence-corrected chi connectivity index (χ4v) is 8.21. The van der Waals surface area contributed by atoms with Crippen LogP contribution in [-0.2, 0) is 14.3 Å². The van der Waals surface area contributed by atoms with Crippen LogP contribution in [-0.4, -0.2) is 96.8 Å². The molecule has 3 saturated heterocycles. The molecule has 0 unspecified atom stereocenters. The number of piperidine rings is 1. The maximum absolute atomic E-state index is 13.7. The van der Waals surface area contributed by atoms with Gasteiger partial charge in [-0.2, -0.15) is 0 Å². The van der Waals surface area contributed by atoms with Gasteiger partial charge < -0.3 is 29.7 Å². The highest BCUT2D eigenvalue weighted by atomic mass is 32.1. The SMILES string of the molecule is Cc1cc(Oc2ccccc2)ccc1N1C(=O)Nc2c(C(=O)N[C@@H]3CCCN(C(=O)/C=C/CN4C[C@@H]5OCCO[C@@H]5C4)C3)sc3nccc1c23. The van der Waals surface area contributed by atoms with E-state index in [-0.39, 0.29) is 36.1 Å². The zero-order valence-electron chi connectivity index (χ0n) is 27.7. The van der Waals surface area contributed by atoms with Gasteiger partial charge in [-0.3, -0.25) is 19.4 Å². The molecular weight excluding hydrogens is 657 g/mol. The van der Waals surface area contributed by atoms with E-state index in [1.807, 2.05) is 61.5 Å². The molecule has 12 nitrogen and oxygen atoms in total. The van der Waals surface area contributed by atoms with E-state index in [1.165, 1.54) is 11.3 Å². The summed E-state index contributed by atoms with van der Waals surface area (Å²) < 4.78 is 17.6. The van der Waals surface area contributed by atoms with Gasteiger partial charge in [-0.1, -0.05) is 24.3 Å². The van der Waals surface area contributed by atoms with Crippen LogP contribution < -0.4 is 20.3 Å². The van der Waals surface area contributed by atoms with E-state index in [1.54, 1.807) is 28.1 Å². The Morgan fingerprint density at radius 1 is 1.04 bits per heavy atom. The van der Waals surface area contributed by atoms with Gasteiger partial charge >= 0.3 is 6.03 Å². The molecule has 258 valence electrons. The Morgan fingerprint density at radius 3 is 2.62 bits per heavy atom. The Bertz CT molecular complexity index is 1950. The van der Waals surface area contributed by atoms with Crippen molar-refractivity contribution in [1.82, 2.24) is 20.1 Å². The lowest BCUT2D eigenvalue weighted by Gasteiger charge is -2.32. The number of benzene rings is 2. The Balaban J connectivity index is 0.942. The first-order valence-corrected chi connectivity index (χ1v) is 17.8. The standard InChI is InChI=1S/C37H38N6O6S/c1-23-19-26(49-25-8-3-2-4-9-25)11-12-27(23)43-28-13-14-38-36-32(28)33(40-37(43)46)34(50-36)35(45)39-24-7-5-16-42(20-24)31(44)10-6-15-41-21-29-30(22-41)48-18-17-47-29/h2-4,6,8-14,19,24,29-30H,5,7,15-18,20-22H2,1H3,(H,39,45)(H,40,46)/b10-6+/t24-,29-,30+/m1/s1. The summed E-state index contributed by atoms with van der Waals surface area (Å²) >= 11 is 1.25. The van der Waals surface area contributed by atoms with Crippen molar-refractivity contribution in [2.24, 2.45) is 0 Å². The van der Waals surface area contributed by atoms with Gasteiger partial charge in [0, 0.05) is 51.0 Å². The number of likely N-dealkylation sites (tertiary alicyclic amines) is 2. The first-order valence-electron chi connectivity index (χ1n) is 17.0. The predicted octanol–water partition coefficient (Wildman–Crippen LogP) is 5.46. The van der Waals surface area contributed by atoms with Gasteiger partial charge in [0.1, 0.15) is 21.2 Å². The number of para-hydroxylation sites is 1. The van der Waals surface area contributed by atoms with Gasteiger partial charge in [-0.15, -0.1) is 11.3 Å². The molecule has 0 aliphatic carbocycles. The number of carbonyl (C=O) groups excluding carboxylic acids is 3. The lowest BCUT2D eigenvalue weighted by Crippen LogP contribution is -2.49. The quantitative estimate of drug-likeness (QED) is 0.233. The van der Waals surface area contributed by atoms with Crippen LogP contribution in [0.15, 0.2) is 72.9 Å². The molecule has 0 saturated carbocycles. The number of nitrogens with zero attached hydrogens (tertiary/aromatic N) is 4. The number of carbonyl (C=O) groups is 3. The Kier molecular flexibility index (Phi) is 8.96. The minimum atomic E-state index is -0.369. The zero-order chi connectivity index (χ0) is 34.2. The number of hydrogen-bond donors (Lipinski definition) is 2. The fourth-order valence-electron chi connectivity index (χ4n) is 7.19. The number of aromatic nitrogens is 1. The molecular formula is C37H38N6O6S. The van der Waals surface area contributed by atoms with Crippen molar-refractivity contribution in [3.8, 4) is 11.5 Å². The van der Waals surface area contributed by atoms with E-state index in [0.717, 1.165) is 37.2 Å². The number of fused-ring (bicyclic) bond motifs is 1. The number of ether oxygens (including phenoxy) is 3. The number of rotatable bonds is 8. The van der Waals surface area contributed by atoms with Crippen LogP contribution in [0.2, 0.25) is 0 Å². The van der Waals surface area contributed by atoms with Crippen molar-refractivity contribution in [2.75, 3.05) is 56.2 Å². The highest BCUT2D eigenvalue weighted by molar-refractivity contribution is 7.21. The van der Waals surface area contributed by atoms with Crippen LogP contribution in [0, 0.1) is 6.92 Å².